The predicted molar refractivity (Wildman–Crippen MR) is 103 cm³/mol. The van der Waals surface area contributed by atoms with Crippen molar-refractivity contribution in [1.29, 1.82) is 0 Å². The first-order valence-electron chi connectivity index (χ1n) is 9.01. The van der Waals surface area contributed by atoms with Gasteiger partial charge in [-0.1, -0.05) is 13.8 Å². The molecule has 26 heavy (non-hydrogen) atoms. The fourth-order valence-corrected chi connectivity index (χ4v) is 3.36. The Bertz CT molecular complexity index is 589. The third kappa shape index (κ3) is 4.95. The molecule has 146 valence electrons. The molecule has 0 unspecified atom stereocenters. The van der Waals surface area contributed by atoms with Crippen molar-refractivity contribution in [3.05, 3.63) is 35.6 Å². The van der Waals surface area contributed by atoms with Gasteiger partial charge in [0.1, 0.15) is 5.82 Å². The van der Waals surface area contributed by atoms with Crippen molar-refractivity contribution >= 4 is 24.2 Å². The Morgan fingerprint density at radius 2 is 1.73 bits per heavy atom. The first kappa shape index (κ1) is 22.4. The molecular weight excluding hydrogens is 357 g/mol. The number of nitrogens with zero attached hydrogens (tertiary/aromatic N) is 1. The number of halogens is 2. The van der Waals surface area contributed by atoms with E-state index in [0.29, 0.717) is 38.0 Å². The molecule has 1 aliphatic heterocycles. The number of amides is 2. The van der Waals surface area contributed by atoms with Crippen molar-refractivity contribution in [2.24, 2.45) is 11.1 Å². The molecule has 1 fully saturated rings. The minimum atomic E-state index is -0.468. The van der Waals surface area contributed by atoms with Gasteiger partial charge in [0.2, 0.25) is 5.91 Å². The van der Waals surface area contributed by atoms with Crippen LogP contribution in [0.3, 0.4) is 0 Å². The zero-order valence-corrected chi connectivity index (χ0v) is 16.3. The van der Waals surface area contributed by atoms with Crippen molar-refractivity contribution in [3.63, 3.8) is 0 Å². The molecule has 2 amide bonds. The Morgan fingerprint density at radius 1 is 1.19 bits per heavy atom. The number of carbonyl (C=O) groups excluding carboxylic acids is 2. The topological polar surface area (TPSA) is 75.4 Å². The number of nitrogens with one attached hydrogen (secondary N) is 1. The second-order valence-corrected chi connectivity index (χ2v) is 6.74. The molecular formula is C19H29ClFN3O2. The van der Waals surface area contributed by atoms with Gasteiger partial charge in [-0.05, 0) is 49.9 Å². The lowest BCUT2D eigenvalue weighted by Crippen LogP contribution is -2.52. The first-order chi connectivity index (χ1) is 12.0. The monoisotopic (exact) mass is 385 g/mol. The summed E-state index contributed by atoms with van der Waals surface area (Å²) in [7, 11) is 0. The molecule has 3 N–H and O–H groups in total. The lowest BCUT2D eigenvalue weighted by Gasteiger charge is -2.39. The molecule has 0 spiro atoms. The van der Waals surface area contributed by atoms with E-state index in [0.717, 1.165) is 12.8 Å². The number of hydrogen-bond donors (Lipinski definition) is 2. The van der Waals surface area contributed by atoms with E-state index < -0.39 is 5.41 Å². The number of rotatable bonds is 6. The van der Waals surface area contributed by atoms with Gasteiger partial charge in [0, 0.05) is 31.2 Å². The summed E-state index contributed by atoms with van der Waals surface area (Å²) in [5, 5.41) is 2.97. The maximum absolute atomic E-state index is 12.9. The molecule has 1 aliphatic rings. The predicted octanol–water partition coefficient (Wildman–Crippen LogP) is 2.73. The molecule has 1 heterocycles. The Hall–Kier alpha value is -1.66. The van der Waals surface area contributed by atoms with Crippen LogP contribution < -0.4 is 11.1 Å². The van der Waals surface area contributed by atoms with Crippen LogP contribution in [0.5, 0.6) is 0 Å². The third-order valence-electron chi connectivity index (χ3n) is 5.42. The highest BCUT2D eigenvalue weighted by Gasteiger charge is 2.38. The van der Waals surface area contributed by atoms with Crippen LogP contribution in [0.25, 0.3) is 0 Å². The zero-order valence-electron chi connectivity index (χ0n) is 15.5. The Balaban J connectivity index is 0.00000338. The van der Waals surface area contributed by atoms with Gasteiger partial charge in [0.05, 0.1) is 5.41 Å². The van der Waals surface area contributed by atoms with Crippen LogP contribution in [0.2, 0.25) is 0 Å². The van der Waals surface area contributed by atoms with Crippen LogP contribution in [0.15, 0.2) is 24.3 Å². The number of nitrogens with two attached hydrogens (primary N) is 1. The average Bonchev–Trinajstić information content (AvgIpc) is 2.64. The zero-order chi connectivity index (χ0) is 18.4. The third-order valence-corrected chi connectivity index (χ3v) is 5.42. The fraction of sp³-hybridized carbons (Fsp3) is 0.579. The molecule has 0 aliphatic carbocycles. The van der Waals surface area contributed by atoms with E-state index in [1.807, 2.05) is 18.7 Å². The largest absolute Gasteiger partial charge is 0.349 e. The molecule has 7 heteroatoms. The van der Waals surface area contributed by atoms with E-state index in [2.05, 4.69) is 5.32 Å². The molecule has 1 aromatic rings. The normalized spacial score (nSPS) is 15.3. The summed E-state index contributed by atoms with van der Waals surface area (Å²) in [5.41, 5.74) is 5.85. The van der Waals surface area contributed by atoms with Gasteiger partial charge in [0.15, 0.2) is 0 Å². The van der Waals surface area contributed by atoms with Crippen molar-refractivity contribution in [2.45, 2.75) is 45.6 Å². The summed E-state index contributed by atoms with van der Waals surface area (Å²) >= 11 is 0. The van der Waals surface area contributed by atoms with E-state index in [4.69, 9.17) is 5.73 Å². The Morgan fingerprint density at radius 3 is 2.19 bits per heavy atom. The highest BCUT2D eigenvalue weighted by molar-refractivity contribution is 5.94. The van der Waals surface area contributed by atoms with Gasteiger partial charge in [-0.15, -0.1) is 12.4 Å². The molecule has 0 aromatic heterocycles. The maximum Gasteiger partial charge on any atom is 0.251 e. The highest BCUT2D eigenvalue weighted by atomic mass is 35.5. The minimum absolute atomic E-state index is 0. The summed E-state index contributed by atoms with van der Waals surface area (Å²) in [5.74, 6) is -0.440. The van der Waals surface area contributed by atoms with Crippen molar-refractivity contribution < 1.29 is 14.0 Å². The van der Waals surface area contributed by atoms with Crippen molar-refractivity contribution in [2.75, 3.05) is 19.6 Å². The molecule has 2 rings (SSSR count). The first-order valence-corrected chi connectivity index (χ1v) is 9.01. The van der Waals surface area contributed by atoms with Gasteiger partial charge in [-0.3, -0.25) is 9.59 Å². The van der Waals surface area contributed by atoms with Crippen LogP contribution >= 0.6 is 12.4 Å². The number of piperidine rings is 1. The molecule has 0 atom stereocenters. The molecule has 1 saturated heterocycles. The second kappa shape index (κ2) is 9.88. The smallest absolute Gasteiger partial charge is 0.251 e. The summed E-state index contributed by atoms with van der Waals surface area (Å²) < 4.78 is 12.9. The standard InChI is InChI=1S/C19H28FN3O2.ClH/c1-3-19(4-2,13-21)18(25)23-11-9-16(10-12-23)22-17(24)14-5-7-15(20)8-6-14;/h5-8,16H,3-4,9-13,21H2,1-2H3,(H,22,24);1H. The van der Waals surface area contributed by atoms with Crippen molar-refractivity contribution in [3.8, 4) is 0 Å². The highest BCUT2D eigenvalue weighted by Crippen LogP contribution is 2.29. The molecule has 5 nitrogen and oxygen atoms in total. The lowest BCUT2D eigenvalue weighted by atomic mass is 9.80. The van der Waals surface area contributed by atoms with Crippen LogP contribution in [-0.4, -0.2) is 42.4 Å². The van der Waals surface area contributed by atoms with Crippen LogP contribution in [-0.2, 0) is 4.79 Å². The van der Waals surface area contributed by atoms with Gasteiger partial charge in [-0.2, -0.15) is 0 Å². The minimum Gasteiger partial charge on any atom is -0.349 e. The van der Waals surface area contributed by atoms with Crippen LogP contribution in [0.1, 0.15) is 49.9 Å². The maximum atomic E-state index is 12.9. The SMILES string of the molecule is CCC(CC)(CN)C(=O)N1CCC(NC(=O)c2ccc(F)cc2)CC1.Cl. The Kier molecular flexibility index (Phi) is 8.50. The number of benzene rings is 1. The van der Waals surface area contributed by atoms with Crippen LogP contribution in [0.4, 0.5) is 4.39 Å². The number of likely N-dealkylation sites (tertiary alicyclic amines) is 1. The summed E-state index contributed by atoms with van der Waals surface area (Å²) in [4.78, 5) is 26.9. The van der Waals surface area contributed by atoms with E-state index in [1.54, 1.807) is 0 Å². The molecule has 0 radical (unpaired) electrons. The van der Waals surface area contributed by atoms with Gasteiger partial charge >= 0.3 is 0 Å². The fourth-order valence-electron chi connectivity index (χ4n) is 3.36. The van der Waals surface area contributed by atoms with Crippen molar-refractivity contribution in [1.82, 2.24) is 10.2 Å². The Labute approximate surface area is 160 Å². The van der Waals surface area contributed by atoms with E-state index in [1.165, 1.54) is 24.3 Å². The number of hydrogen-bond acceptors (Lipinski definition) is 3. The van der Waals surface area contributed by atoms with Gasteiger partial charge in [-0.25, -0.2) is 4.39 Å². The van der Waals surface area contributed by atoms with Gasteiger partial charge < -0.3 is 16.0 Å². The van der Waals surface area contributed by atoms with Crippen LogP contribution in [0, 0.1) is 11.2 Å². The quantitative estimate of drug-likeness (QED) is 0.790. The van der Waals surface area contributed by atoms with E-state index in [-0.39, 0.29) is 36.1 Å². The van der Waals surface area contributed by atoms with Gasteiger partial charge in [0.25, 0.3) is 5.91 Å². The molecule has 0 bridgehead atoms. The number of carbonyl (C=O) groups is 2. The van der Waals surface area contributed by atoms with E-state index >= 15 is 0 Å². The molecule has 1 aromatic carbocycles. The lowest BCUT2D eigenvalue weighted by molar-refractivity contribution is -0.143. The molecule has 0 saturated carbocycles. The second-order valence-electron chi connectivity index (χ2n) is 6.74. The summed E-state index contributed by atoms with van der Waals surface area (Å²) in [6.07, 6.45) is 2.90. The summed E-state index contributed by atoms with van der Waals surface area (Å²) in [6, 6.07) is 5.52. The average molecular weight is 386 g/mol. The summed E-state index contributed by atoms with van der Waals surface area (Å²) in [6.45, 7) is 5.61. The van der Waals surface area contributed by atoms with E-state index in [9.17, 15) is 14.0 Å².